The lowest BCUT2D eigenvalue weighted by Crippen LogP contribution is -2.09. The summed E-state index contributed by atoms with van der Waals surface area (Å²) in [7, 11) is 0. The number of aromatic nitrogens is 1. The fourth-order valence-electron chi connectivity index (χ4n) is 3.00. The van der Waals surface area contributed by atoms with Crippen molar-refractivity contribution >= 4 is 32.8 Å². The molecule has 0 saturated heterocycles. The highest BCUT2D eigenvalue weighted by Crippen LogP contribution is 2.34. The third-order valence-corrected chi connectivity index (χ3v) is 4.54. The maximum Gasteiger partial charge on any atom is 0.336 e. The first-order valence-corrected chi connectivity index (χ1v) is 7.78. The first kappa shape index (κ1) is 13.6. The molecule has 3 rings (SSSR count). The van der Waals surface area contributed by atoms with Gasteiger partial charge in [-0.1, -0.05) is 35.2 Å². The second-order valence-electron chi connectivity index (χ2n) is 5.40. The quantitative estimate of drug-likeness (QED) is 0.863. The minimum absolute atomic E-state index is 0.358. The van der Waals surface area contributed by atoms with Gasteiger partial charge in [0.2, 0.25) is 0 Å². The Balaban J connectivity index is 2.15. The van der Waals surface area contributed by atoms with Crippen molar-refractivity contribution in [2.24, 2.45) is 0 Å². The van der Waals surface area contributed by atoms with Gasteiger partial charge in [0.05, 0.1) is 11.1 Å². The van der Waals surface area contributed by atoms with Crippen LogP contribution < -0.4 is 0 Å². The van der Waals surface area contributed by atoms with Crippen molar-refractivity contribution in [1.82, 2.24) is 4.98 Å². The van der Waals surface area contributed by atoms with Crippen molar-refractivity contribution in [3.05, 3.63) is 40.0 Å². The van der Waals surface area contributed by atoms with Crippen molar-refractivity contribution < 1.29 is 9.90 Å². The smallest absolute Gasteiger partial charge is 0.336 e. The molecule has 0 amide bonds. The highest BCUT2D eigenvalue weighted by molar-refractivity contribution is 9.10. The zero-order valence-corrected chi connectivity index (χ0v) is 12.7. The molecule has 1 heterocycles. The number of pyridine rings is 1. The molecule has 0 bridgehead atoms. The molecule has 1 aliphatic carbocycles. The fourth-order valence-corrected chi connectivity index (χ4v) is 3.36. The number of carboxylic acid groups (broad SMARTS) is 1. The number of halogens is 1. The summed E-state index contributed by atoms with van der Waals surface area (Å²) in [5.41, 5.74) is 2.07. The van der Waals surface area contributed by atoms with Gasteiger partial charge in [0, 0.05) is 21.5 Å². The molecule has 2 aromatic rings. The fraction of sp³-hybridized carbons (Fsp3) is 0.375. The van der Waals surface area contributed by atoms with Gasteiger partial charge >= 0.3 is 5.97 Å². The molecule has 20 heavy (non-hydrogen) atoms. The van der Waals surface area contributed by atoms with Crippen LogP contribution in [0.5, 0.6) is 0 Å². The molecule has 1 fully saturated rings. The van der Waals surface area contributed by atoms with Crippen LogP contribution in [0.2, 0.25) is 0 Å². The van der Waals surface area contributed by atoms with Crippen molar-refractivity contribution in [1.29, 1.82) is 0 Å². The number of carboxylic acids is 1. The molecule has 1 N–H and O–H groups in total. The molecule has 1 aliphatic rings. The number of carbonyl (C=O) groups is 1. The van der Waals surface area contributed by atoms with E-state index in [1.165, 1.54) is 19.3 Å². The molecule has 1 aromatic heterocycles. The second kappa shape index (κ2) is 5.52. The van der Waals surface area contributed by atoms with Crippen LogP contribution in [0.1, 0.15) is 54.1 Å². The first-order valence-electron chi connectivity index (χ1n) is 6.98. The second-order valence-corrected chi connectivity index (χ2v) is 6.31. The van der Waals surface area contributed by atoms with E-state index in [1.807, 2.05) is 18.2 Å². The third-order valence-electron chi connectivity index (χ3n) is 4.04. The van der Waals surface area contributed by atoms with E-state index in [-0.39, 0.29) is 0 Å². The Hall–Kier alpha value is -1.42. The number of hydrogen-bond acceptors (Lipinski definition) is 2. The maximum absolute atomic E-state index is 11.5. The molecule has 3 nitrogen and oxygen atoms in total. The molecule has 1 saturated carbocycles. The van der Waals surface area contributed by atoms with E-state index >= 15 is 0 Å². The minimum atomic E-state index is -0.882. The van der Waals surface area contributed by atoms with Crippen LogP contribution in [0.3, 0.4) is 0 Å². The summed E-state index contributed by atoms with van der Waals surface area (Å²) in [5.74, 6) is -0.470. The summed E-state index contributed by atoms with van der Waals surface area (Å²) in [6, 6.07) is 7.40. The number of aromatic carboxylic acids is 1. The molecular formula is C16H16BrNO2. The molecule has 104 valence electrons. The van der Waals surface area contributed by atoms with Crippen LogP contribution in [0.15, 0.2) is 28.7 Å². The standard InChI is InChI=1S/C16H16BrNO2/c17-11-6-7-14-12(8-11)13(16(19)20)9-15(18-14)10-4-2-1-3-5-10/h6-10H,1-5H2,(H,19,20). The Morgan fingerprint density at radius 3 is 2.65 bits per heavy atom. The maximum atomic E-state index is 11.5. The monoisotopic (exact) mass is 333 g/mol. The Morgan fingerprint density at radius 1 is 1.20 bits per heavy atom. The highest BCUT2D eigenvalue weighted by atomic mass is 79.9. The van der Waals surface area contributed by atoms with E-state index < -0.39 is 5.97 Å². The van der Waals surface area contributed by atoms with Crippen LogP contribution in [0.4, 0.5) is 0 Å². The molecule has 0 spiro atoms. The Kier molecular flexibility index (Phi) is 3.74. The van der Waals surface area contributed by atoms with Crippen molar-refractivity contribution in [3.63, 3.8) is 0 Å². The van der Waals surface area contributed by atoms with Gasteiger partial charge in [-0.15, -0.1) is 0 Å². The lowest BCUT2D eigenvalue weighted by molar-refractivity contribution is 0.0699. The molecular weight excluding hydrogens is 318 g/mol. The van der Waals surface area contributed by atoms with E-state index in [9.17, 15) is 9.90 Å². The van der Waals surface area contributed by atoms with E-state index in [1.54, 1.807) is 6.07 Å². The van der Waals surface area contributed by atoms with Crippen LogP contribution in [0.25, 0.3) is 10.9 Å². The zero-order valence-electron chi connectivity index (χ0n) is 11.1. The van der Waals surface area contributed by atoms with Gasteiger partial charge in [-0.05, 0) is 37.1 Å². The molecule has 0 unspecified atom stereocenters. The van der Waals surface area contributed by atoms with Gasteiger partial charge in [-0.3, -0.25) is 4.98 Å². The SMILES string of the molecule is O=C(O)c1cc(C2CCCCC2)nc2ccc(Br)cc12. The molecule has 0 radical (unpaired) electrons. The van der Waals surface area contributed by atoms with E-state index in [2.05, 4.69) is 15.9 Å². The lowest BCUT2D eigenvalue weighted by Gasteiger charge is -2.21. The Morgan fingerprint density at radius 2 is 1.95 bits per heavy atom. The minimum Gasteiger partial charge on any atom is -0.478 e. The average molecular weight is 334 g/mol. The normalized spacial score (nSPS) is 16.4. The van der Waals surface area contributed by atoms with Gasteiger partial charge in [0.1, 0.15) is 0 Å². The lowest BCUT2D eigenvalue weighted by atomic mass is 9.86. The summed E-state index contributed by atoms with van der Waals surface area (Å²) >= 11 is 3.39. The van der Waals surface area contributed by atoms with E-state index in [0.29, 0.717) is 16.9 Å². The predicted molar refractivity (Wildman–Crippen MR) is 82.2 cm³/mol. The van der Waals surface area contributed by atoms with Crippen molar-refractivity contribution in [3.8, 4) is 0 Å². The van der Waals surface area contributed by atoms with Gasteiger partial charge in [-0.2, -0.15) is 0 Å². The Labute approximate surface area is 126 Å². The molecule has 0 aliphatic heterocycles. The summed E-state index contributed by atoms with van der Waals surface area (Å²) in [5, 5.41) is 10.2. The van der Waals surface area contributed by atoms with Crippen molar-refractivity contribution in [2.75, 3.05) is 0 Å². The van der Waals surface area contributed by atoms with Crippen LogP contribution in [-0.2, 0) is 0 Å². The average Bonchev–Trinajstić information content (AvgIpc) is 2.47. The third kappa shape index (κ3) is 2.57. The molecule has 1 aromatic carbocycles. The summed E-state index contributed by atoms with van der Waals surface area (Å²) < 4.78 is 0.875. The number of nitrogens with zero attached hydrogens (tertiary/aromatic N) is 1. The Bertz CT molecular complexity index is 663. The summed E-state index contributed by atoms with van der Waals surface area (Å²) in [6.45, 7) is 0. The van der Waals surface area contributed by atoms with Crippen molar-refractivity contribution in [2.45, 2.75) is 38.0 Å². The predicted octanol–water partition coefficient (Wildman–Crippen LogP) is 4.74. The topological polar surface area (TPSA) is 50.2 Å². The number of fused-ring (bicyclic) bond motifs is 1. The van der Waals surface area contributed by atoms with Crippen LogP contribution >= 0.6 is 15.9 Å². The van der Waals surface area contributed by atoms with E-state index in [4.69, 9.17) is 4.98 Å². The van der Waals surface area contributed by atoms with Crippen LogP contribution in [0, 0.1) is 0 Å². The van der Waals surface area contributed by atoms with Gasteiger partial charge in [0.15, 0.2) is 0 Å². The van der Waals surface area contributed by atoms with Crippen LogP contribution in [-0.4, -0.2) is 16.1 Å². The summed E-state index contributed by atoms with van der Waals surface area (Å²) in [6.07, 6.45) is 5.95. The highest BCUT2D eigenvalue weighted by Gasteiger charge is 2.20. The first-order chi connectivity index (χ1) is 9.65. The van der Waals surface area contributed by atoms with E-state index in [0.717, 1.165) is 28.5 Å². The molecule has 4 heteroatoms. The van der Waals surface area contributed by atoms with Gasteiger partial charge in [0.25, 0.3) is 0 Å². The number of rotatable bonds is 2. The zero-order chi connectivity index (χ0) is 14.1. The largest absolute Gasteiger partial charge is 0.478 e. The van der Waals surface area contributed by atoms with Gasteiger partial charge in [-0.25, -0.2) is 4.79 Å². The molecule has 0 atom stereocenters. The number of benzene rings is 1. The summed E-state index contributed by atoms with van der Waals surface area (Å²) in [4.78, 5) is 16.2. The van der Waals surface area contributed by atoms with Gasteiger partial charge < -0.3 is 5.11 Å². The number of hydrogen-bond donors (Lipinski definition) is 1.